The normalized spacial score (nSPS) is 21.2. The molecule has 0 spiro atoms. The van der Waals surface area contributed by atoms with Gasteiger partial charge in [-0.1, -0.05) is 121 Å². The van der Waals surface area contributed by atoms with Crippen LogP contribution in [-0.4, -0.2) is 0 Å². The minimum Gasteiger partial charge on any atom is -0.0622 e. The van der Waals surface area contributed by atoms with Crippen LogP contribution in [-0.2, 0) is 0 Å². The molecule has 0 nitrogen and oxygen atoms in total. The zero-order chi connectivity index (χ0) is 17.6. The summed E-state index contributed by atoms with van der Waals surface area (Å²) in [5, 5.41) is 0. The smallest absolute Gasteiger partial charge is 0.00268 e. The van der Waals surface area contributed by atoms with Crippen LogP contribution in [0.3, 0.4) is 0 Å². The Hall–Kier alpha value is -3.38. The van der Waals surface area contributed by atoms with Crippen LogP contribution < -0.4 is 0 Å². The van der Waals surface area contributed by atoms with E-state index in [2.05, 4.69) is 121 Å². The minimum absolute atomic E-state index is 1.22. The van der Waals surface area contributed by atoms with Gasteiger partial charge in [0.05, 0.1) is 0 Å². The van der Waals surface area contributed by atoms with Crippen molar-refractivity contribution >= 4 is 16.7 Å². The Morgan fingerprint density at radius 3 is 1.58 bits per heavy atom. The van der Waals surface area contributed by atoms with Crippen molar-refractivity contribution in [3.05, 3.63) is 138 Å². The molecular weight excluding hydrogens is 312 g/mol. The first-order chi connectivity index (χ1) is 12.9. The van der Waals surface area contributed by atoms with Crippen molar-refractivity contribution in [3.8, 4) is 0 Å². The molecule has 26 heavy (non-hydrogen) atoms. The molecule has 0 saturated heterocycles. The van der Waals surface area contributed by atoms with Crippen molar-refractivity contribution < 1.29 is 0 Å². The van der Waals surface area contributed by atoms with E-state index in [0.717, 1.165) is 0 Å². The molecule has 3 aromatic carbocycles. The van der Waals surface area contributed by atoms with Gasteiger partial charge < -0.3 is 0 Å². The van der Waals surface area contributed by atoms with E-state index in [-0.39, 0.29) is 0 Å². The lowest BCUT2D eigenvalue weighted by atomic mass is 9.85. The number of hydrogen-bond donors (Lipinski definition) is 0. The van der Waals surface area contributed by atoms with Gasteiger partial charge in [-0.3, -0.25) is 0 Å². The fourth-order valence-corrected chi connectivity index (χ4v) is 3.31. The molecule has 3 aromatic rings. The van der Waals surface area contributed by atoms with Gasteiger partial charge in [0.2, 0.25) is 0 Å². The van der Waals surface area contributed by atoms with E-state index < -0.39 is 0 Å². The first-order valence-electron chi connectivity index (χ1n) is 8.89. The van der Waals surface area contributed by atoms with Crippen LogP contribution in [0.5, 0.6) is 0 Å². The van der Waals surface area contributed by atoms with Gasteiger partial charge in [-0.2, -0.15) is 0 Å². The highest BCUT2D eigenvalue weighted by Gasteiger charge is 2.16. The second-order valence-corrected chi connectivity index (χ2v) is 6.21. The van der Waals surface area contributed by atoms with E-state index in [1.54, 1.807) is 0 Å². The van der Waals surface area contributed by atoms with Gasteiger partial charge in [0.15, 0.2) is 0 Å². The Morgan fingerprint density at radius 1 is 0.423 bits per heavy atom. The molecule has 0 fully saturated rings. The van der Waals surface area contributed by atoms with Gasteiger partial charge in [-0.05, 0) is 33.4 Å². The molecule has 0 aromatic heterocycles. The minimum atomic E-state index is 1.22. The maximum absolute atomic E-state index is 2.21. The van der Waals surface area contributed by atoms with Crippen molar-refractivity contribution in [2.24, 2.45) is 0 Å². The molecule has 0 saturated carbocycles. The third kappa shape index (κ3) is 3.36. The molecule has 0 bridgehead atoms. The summed E-state index contributed by atoms with van der Waals surface area (Å²) in [6.07, 6.45) is 10.7. The van der Waals surface area contributed by atoms with Gasteiger partial charge in [0, 0.05) is 0 Å². The maximum atomic E-state index is 2.21. The van der Waals surface area contributed by atoms with Crippen LogP contribution in [0.15, 0.2) is 121 Å². The highest BCUT2D eigenvalue weighted by atomic mass is 14.2. The van der Waals surface area contributed by atoms with Crippen molar-refractivity contribution in [3.63, 3.8) is 0 Å². The lowest BCUT2D eigenvalue weighted by Gasteiger charge is -2.19. The van der Waals surface area contributed by atoms with Crippen LogP contribution >= 0.6 is 0 Å². The van der Waals surface area contributed by atoms with Gasteiger partial charge in [0.1, 0.15) is 0 Å². The Labute approximate surface area is 155 Å². The zero-order valence-corrected chi connectivity index (χ0v) is 14.5. The lowest BCUT2D eigenvalue weighted by molar-refractivity contribution is 1.56. The first-order valence-corrected chi connectivity index (χ1v) is 8.89. The van der Waals surface area contributed by atoms with Crippen LogP contribution in [0.25, 0.3) is 16.7 Å². The molecule has 0 heteroatoms. The second-order valence-electron chi connectivity index (χ2n) is 6.21. The summed E-state index contributed by atoms with van der Waals surface area (Å²) in [6, 6.07) is 31.9. The van der Waals surface area contributed by atoms with Gasteiger partial charge in [0.25, 0.3) is 0 Å². The summed E-state index contributed by atoms with van der Waals surface area (Å²) in [4.78, 5) is 0. The summed E-state index contributed by atoms with van der Waals surface area (Å²) in [5.41, 5.74) is 7.39. The molecule has 0 aliphatic heterocycles. The van der Waals surface area contributed by atoms with Crippen LogP contribution in [0.4, 0.5) is 0 Å². The van der Waals surface area contributed by atoms with Crippen molar-refractivity contribution in [1.29, 1.82) is 0 Å². The van der Waals surface area contributed by atoms with Crippen LogP contribution in [0, 0.1) is 0 Å². The van der Waals surface area contributed by atoms with Crippen molar-refractivity contribution in [1.82, 2.24) is 0 Å². The third-order valence-electron chi connectivity index (χ3n) is 4.52. The zero-order valence-electron chi connectivity index (χ0n) is 14.5. The number of allylic oxidation sites excluding steroid dienone is 8. The first kappa shape index (κ1) is 16.1. The maximum Gasteiger partial charge on any atom is -0.00268 e. The Balaban J connectivity index is 2.03. The van der Waals surface area contributed by atoms with E-state index in [1.165, 1.54) is 33.4 Å². The molecule has 1 aliphatic carbocycles. The van der Waals surface area contributed by atoms with Gasteiger partial charge >= 0.3 is 0 Å². The van der Waals surface area contributed by atoms with Gasteiger partial charge in [-0.15, -0.1) is 0 Å². The van der Waals surface area contributed by atoms with E-state index in [1.807, 2.05) is 0 Å². The van der Waals surface area contributed by atoms with E-state index in [9.17, 15) is 0 Å². The molecule has 4 rings (SSSR count). The van der Waals surface area contributed by atoms with E-state index in [4.69, 9.17) is 0 Å². The predicted octanol–water partition coefficient (Wildman–Crippen LogP) is 6.81. The SMILES string of the molecule is C1=C\C=C(c2ccccc2)/C(c2ccccc2)=C(c2ccccc2)\C=C/1. The van der Waals surface area contributed by atoms with Crippen molar-refractivity contribution in [2.75, 3.05) is 0 Å². The summed E-state index contributed by atoms with van der Waals surface area (Å²) in [6.45, 7) is 0. The molecule has 0 unspecified atom stereocenters. The third-order valence-corrected chi connectivity index (χ3v) is 4.52. The molecule has 1 aliphatic rings. The molecule has 0 heterocycles. The highest BCUT2D eigenvalue weighted by molar-refractivity contribution is 6.17. The summed E-state index contributed by atoms with van der Waals surface area (Å²) in [5.74, 6) is 0. The fourth-order valence-electron chi connectivity index (χ4n) is 3.31. The molecule has 0 N–H and O–H groups in total. The van der Waals surface area contributed by atoms with Crippen LogP contribution in [0.2, 0.25) is 0 Å². The number of rotatable bonds is 3. The molecule has 0 amide bonds. The number of hydrogen-bond acceptors (Lipinski definition) is 0. The number of benzene rings is 3. The Bertz CT molecular complexity index is 986. The summed E-state index contributed by atoms with van der Waals surface area (Å²) in [7, 11) is 0. The predicted molar refractivity (Wildman–Crippen MR) is 112 cm³/mol. The van der Waals surface area contributed by atoms with Crippen molar-refractivity contribution in [2.45, 2.75) is 0 Å². The molecule has 0 radical (unpaired) electrons. The standard InChI is InChI=1S/C26H20/c1-5-13-21(14-6-1)24-19-11-4-12-20-25(22-15-7-2-8-16-22)26(24)23-17-9-3-10-18-23/h1-20H/b11-4-,12-4?,19-11?,20-12-,24-19-,25-20?,26-24?,26-25+. The average Bonchev–Trinajstić information content (AvgIpc) is 2.70. The lowest BCUT2D eigenvalue weighted by Crippen LogP contribution is -1.96. The molecule has 124 valence electrons. The van der Waals surface area contributed by atoms with Gasteiger partial charge in [-0.25, -0.2) is 0 Å². The highest BCUT2D eigenvalue weighted by Crippen LogP contribution is 2.38. The van der Waals surface area contributed by atoms with Crippen LogP contribution in [0.1, 0.15) is 16.7 Å². The molecule has 0 atom stereocenters. The second kappa shape index (κ2) is 7.67. The largest absolute Gasteiger partial charge is 0.0622 e. The monoisotopic (exact) mass is 332 g/mol. The van der Waals surface area contributed by atoms with E-state index >= 15 is 0 Å². The Morgan fingerprint density at radius 2 is 0.962 bits per heavy atom. The fraction of sp³-hybridized carbons (Fsp3) is 0. The van der Waals surface area contributed by atoms with E-state index in [0.29, 0.717) is 0 Å². The molecular formula is C26H20. The Kier molecular flexibility index (Phi) is 4.75. The summed E-state index contributed by atoms with van der Waals surface area (Å²) < 4.78 is 0. The average molecular weight is 332 g/mol. The topological polar surface area (TPSA) is 0 Å². The quantitative estimate of drug-likeness (QED) is 0.494. The summed E-state index contributed by atoms with van der Waals surface area (Å²) >= 11 is 0.